The van der Waals surface area contributed by atoms with Crippen molar-refractivity contribution >= 4 is 5.91 Å². The molecular weight excluding hydrogens is 332 g/mol. The van der Waals surface area contributed by atoms with Crippen LogP contribution in [0.1, 0.15) is 41.1 Å². The van der Waals surface area contributed by atoms with Gasteiger partial charge in [-0.05, 0) is 38.8 Å². The summed E-state index contributed by atoms with van der Waals surface area (Å²) in [4.78, 5) is 19.0. The molecule has 0 bridgehead atoms. The lowest BCUT2D eigenvalue weighted by Crippen LogP contribution is -2.50. The highest BCUT2D eigenvalue weighted by Crippen LogP contribution is 2.36. The molecule has 6 nitrogen and oxygen atoms in total. The van der Waals surface area contributed by atoms with Gasteiger partial charge >= 0.3 is 0 Å². The number of hydrogen-bond acceptors (Lipinski definition) is 5. The van der Waals surface area contributed by atoms with Crippen molar-refractivity contribution in [2.75, 3.05) is 19.7 Å². The third-order valence-electron chi connectivity index (χ3n) is 5.20. The van der Waals surface area contributed by atoms with E-state index in [-0.39, 0.29) is 17.6 Å². The topological polar surface area (TPSA) is 64.8 Å². The van der Waals surface area contributed by atoms with Gasteiger partial charge in [-0.25, -0.2) is 4.98 Å². The smallest absolute Gasteiger partial charge is 0.257 e. The zero-order valence-corrected chi connectivity index (χ0v) is 15.2. The van der Waals surface area contributed by atoms with Crippen molar-refractivity contribution in [3.8, 4) is 5.88 Å². The number of carbonyl (C=O) groups is 1. The molecule has 0 unspecified atom stereocenters. The summed E-state index contributed by atoms with van der Waals surface area (Å²) < 4.78 is 17.6. The Kier molecular flexibility index (Phi) is 4.44. The van der Waals surface area contributed by atoms with E-state index < -0.39 is 0 Å². The van der Waals surface area contributed by atoms with Gasteiger partial charge in [-0.2, -0.15) is 0 Å². The summed E-state index contributed by atoms with van der Waals surface area (Å²) in [7, 11) is 0. The molecule has 1 spiro atoms. The maximum Gasteiger partial charge on any atom is 0.257 e. The average Bonchev–Trinajstić information content (AvgIpc) is 3.17. The Morgan fingerprint density at radius 3 is 3.00 bits per heavy atom. The molecule has 2 aliphatic heterocycles. The Morgan fingerprint density at radius 1 is 1.38 bits per heavy atom. The fourth-order valence-corrected chi connectivity index (χ4v) is 4.04. The number of amides is 1. The summed E-state index contributed by atoms with van der Waals surface area (Å²) in [5.41, 5.74) is 0.332. The van der Waals surface area contributed by atoms with E-state index >= 15 is 0 Å². The predicted octanol–water partition coefficient (Wildman–Crippen LogP) is 3.13. The van der Waals surface area contributed by atoms with E-state index in [4.69, 9.17) is 13.9 Å². The van der Waals surface area contributed by atoms with E-state index in [0.717, 1.165) is 31.6 Å². The molecule has 2 atom stereocenters. The third kappa shape index (κ3) is 3.33. The van der Waals surface area contributed by atoms with Crippen molar-refractivity contribution in [1.82, 2.24) is 9.88 Å². The number of piperidine rings is 1. The number of aryl methyl sites for hydroxylation is 2. The molecule has 0 aliphatic carbocycles. The molecule has 2 aromatic heterocycles. The summed E-state index contributed by atoms with van der Waals surface area (Å²) in [5, 5.41) is 0. The Bertz CT molecular complexity index is 788. The monoisotopic (exact) mass is 356 g/mol. The van der Waals surface area contributed by atoms with Crippen molar-refractivity contribution in [3.05, 3.63) is 47.5 Å². The van der Waals surface area contributed by atoms with Crippen LogP contribution in [0.15, 0.2) is 34.9 Å². The number of furan rings is 1. The lowest BCUT2D eigenvalue weighted by atomic mass is 9.89. The minimum atomic E-state index is -0.319. The van der Waals surface area contributed by atoms with Gasteiger partial charge in [-0.1, -0.05) is 6.07 Å². The second-order valence-corrected chi connectivity index (χ2v) is 7.26. The summed E-state index contributed by atoms with van der Waals surface area (Å²) in [6.45, 7) is 5.57. The summed E-state index contributed by atoms with van der Waals surface area (Å²) in [6.07, 6.45) is 4.34. The molecule has 2 aliphatic rings. The minimum Gasteiger partial charge on any atom is -0.472 e. The van der Waals surface area contributed by atoms with Crippen LogP contribution in [0.25, 0.3) is 0 Å². The Balaban J connectivity index is 1.43. The number of rotatable bonds is 3. The van der Waals surface area contributed by atoms with Crippen LogP contribution < -0.4 is 4.74 Å². The van der Waals surface area contributed by atoms with Gasteiger partial charge in [-0.15, -0.1) is 0 Å². The van der Waals surface area contributed by atoms with Crippen molar-refractivity contribution in [2.24, 2.45) is 0 Å². The largest absolute Gasteiger partial charge is 0.472 e. The molecule has 1 amide bonds. The number of hydrogen-bond donors (Lipinski definition) is 0. The van der Waals surface area contributed by atoms with E-state index in [9.17, 15) is 4.79 Å². The molecule has 138 valence electrons. The molecule has 0 saturated carbocycles. The van der Waals surface area contributed by atoms with Crippen molar-refractivity contribution in [3.63, 3.8) is 0 Å². The third-order valence-corrected chi connectivity index (χ3v) is 5.20. The SMILES string of the molecule is Cc1cc(C(=O)N2CCC[C@]3(C[C@H](Oc4ccccn4)CO3)C2)c(C)o1. The van der Waals surface area contributed by atoms with Crippen molar-refractivity contribution in [2.45, 2.75) is 44.8 Å². The van der Waals surface area contributed by atoms with E-state index in [2.05, 4.69) is 4.98 Å². The molecule has 26 heavy (non-hydrogen) atoms. The standard InChI is InChI=1S/C20H24N2O4/c1-14-10-17(15(2)25-14)19(23)22-9-5-7-20(13-22)11-16(12-24-20)26-18-6-3-4-8-21-18/h3-4,6,8,10,16H,5,7,9,11-13H2,1-2H3/t16-,20-/m0/s1. The van der Waals surface area contributed by atoms with Gasteiger partial charge in [0.05, 0.1) is 24.3 Å². The average molecular weight is 356 g/mol. The van der Waals surface area contributed by atoms with Gasteiger partial charge in [0.1, 0.15) is 17.6 Å². The van der Waals surface area contributed by atoms with Crippen LogP contribution >= 0.6 is 0 Å². The first kappa shape index (κ1) is 17.1. The Hall–Kier alpha value is -2.34. The van der Waals surface area contributed by atoms with Gasteiger partial charge < -0.3 is 18.8 Å². The van der Waals surface area contributed by atoms with Gasteiger partial charge in [0, 0.05) is 25.2 Å². The number of aromatic nitrogens is 1. The Labute approximate surface area is 153 Å². The van der Waals surface area contributed by atoms with Crippen LogP contribution in [0, 0.1) is 13.8 Å². The van der Waals surface area contributed by atoms with Gasteiger partial charge in [0.15, 0.2) is 0 Å². The van der Waals surface area contributed by atoms with Crippen LogP contribution in [0.4, 0.5) is 0 Å². The first-order chi connectivity index (χ1) is 12.5. The zero-order valence-electron chi connectivity index (χ0n) is 15.2. The normalized spacial score (nSPS) is 25.6. The van der Waals surface area contributed by atoms with Crippen LogP contribution in [0.3, 0.4) is 0 Å². The van der Waals surface area contributed by atoms with Gasteiger partial charge in [0.2, 0.25) is 5.88 Å². The van der Waals surface area contributed by atoms with Crippen molar-refractivity contribution < 1.29 is 18.7 Å². The summed E-state index contributed by atoms with van der Waals surface area (Å²) in [6, 6.07) is 7.45. The molecule has 0 N–H and O–H groups in total. The maximum atomic E-state index is 12.9. The fraction of sp³-hybridized carbons (Fsp3) is 0.500. The lowest BCUT2D eigenvalue weighted by molar-refractivity contribution is -0.0454. The molecule has 2 aromatic rings. The molecular formula is C20H24N2O4. The van der Waals surface area contributed by atoms with Crippen LogP contribution in [0.2, 0.25) is 0 Å². The summed E-state index contributed by atoms with van der Waals surface area (Å²) >= 11 is 0. The second-order valence-electron chi connectivity index (χ2n) is 7.26. The molecule has 2 fully saturated rings. The van der Waals surface area contributed by atoms with E-state index in [1.165, 1.54) is 0 Å². The highest BCUT2D eigenvalue weighted by Gasteiger charge is 2.45. The molecule has 0 aromatic carbocycles. The number of carbonyl (C=O) groups excluding carboxylic acids is 1. The first-order valence-electron chi connectivity index (χ1n) is 9.13. The van der Waals surface area contributed by atoms with Gasteiger partial charge in [0.25, 0.3) is 5.91 Å². The highest BCUT2D eigenvalue weighted by atomic mass is 16.6. The quantitative estimate of drug-likeness (QED) is 0.845. The molecule has 0 radical (unpaired) electrons. The maximum absolute atomic E-state index is 12.9. The Morgan fingerprint density at radius 2 is 2.27 bits per heavy atom. The highest BCUT2D eigenvalue weighted by molar-refractivity contribution is 5.95. The number of nitrogens with zero attached hydrogens (tertiary/aromatic N) is 2. The van der Waals surface area contributed by atoms with E-state index in [1.54, 1.807) is 6.20 Å². The van der Waals surface area contributed by atoms with Crippen LogP contribution in [-0.2, 0) is 4.74 Å². The summed E-state index contributed by atoms with van der Waals surface area (Å²) in [5.74, 6) is 2.08. The van der Waals surface area contributed by atoms with Gasteiger partial charge in [-0.3, -0.25) is 4.79 Å². The molecule has 2 saturated heterocycles. The predicted molar refractivity (Wildman–Crippen MR) is 95.3 cm³/mol. The number of pyridine rings is 1. The first-order valence-corrected chi connectivity index (χ1v) is 9.13. The second kappa shape index (κ2) is 6.76. The zero-order chi connectivity index (χ0) is 18.1. The van der Waals surface area contributed by atoms with Crippen molar-refractivity contribution in [1.29, 1.82) is 0 Å². The van der Waals surface area contributed by atoms with E-state index in [1.807, 2.05) is 43.0 Å². The molecule has 4 heterocycles. The number of likely N-dealkylation sites (tertiary alicyclic amines) is 1. The van der Waals surface area contributed by atoms with E-state index in [0.29, 0.717) is 30.4 Å². The molecule has 4 rings (SSSR count). The lowest BCUT2D eigenvalue weighted by Gasteiger charge is -2.39. The van der Waals surface area contributed by atoms with Crippen LogP contribution in [0.5, 0.6) is 5.88 Å². The molecule has 6 heteroatoms. The number of ether oxygens (including phenoxy) is 2. The minimum absolute atomic E-state index is 0.0242. The fourth-order valence-electron chi connectivity index (χ4n) is 4.04. The van der Waals surface area contributed by atoms with Crippen LogP contribution in [-0.4, -0.2) is 47.2 Å².